The van der Waals surface area contributed by atoms with E-state index in [1.54, 1.807) is 0 Å². The molecular weight excluding hydrogens is 202 g/mol. The zero-order valence-electron chi connectivity index (χ0n) is 9.32. The molecule has 0 aliphatic carbocycles. The minimum Gasteiger partial charge on any atom is -0.298 e. The smallest absolute Gasteiger partial charge is 0.0234 e. The molecule has 1 heterocycles. The standard InChI is InChI=1S/C13H19NS/c1-13(15)8-5-9-14(11-13)10-12-6-3-2-4-7-12/h2-4,6-7,15H,5,8-11H2,1H3. The third kappa shape index (κ3) is 3.25. The Kier molecular flexibility index (Phi) is 3.37. The van der Waals surface area contributed by atoms with E-state index in [0.29, 0.717) is 0 Å². The van der Waals surface area contributed by atoms with Crippen molar-refractivity contribution >= 4 is 12.6 Å². The van der Waals surface area contributed by atoms with Crippen LogP contribution in [0.25, 0.3) is 0 Å². The van der Waals surface area contributed by atoms with Crippen molar-refractivity contribution in [3.8, 4) is 0 Å². The van der Waals surface area contributed by atoms with Crippen molar-refractivity contribution in [2.24, 2.45) is 0 Å². The maximum absolute atomic E-state index is 4.70. The van der Waals surface area contributed by atoms with Crippen molar-refractivity contribution in [2.75, 3.05) is 13.1 Å². The highest BCUT2D eigenvalue weighted by Crippen LogP contribution is 2.27. The summed E-state index contributed by atoms with van der Waals surface area (Å²) in [6.45, 7) is 5.63. The summed E-state index contributed by atoms with van der Waals surface area (Å²) in [4.78, 5) is 2.51. The van der Waals surface area contributed by atoms with Crippen molar-refractivity contribution < 1.29 is 0 Å². The molecule has 15 heavy (non-hydrogen) atoms. The molecule has 1 atom stereocenters. The second kappa shape index (κ2) is 4.58. The van der Waals surface area contributed by atoms with Gasteiger partial charge in [-0.25, -0.2) is 0 Å². The normalized spacial score (nSPS) is 27.9. The predicted octanol–water partition coefficient (Wildman–Crippen LogP) is 2.97. The Labute approximate surface area is 97.9 Å². The number of benzene rings is 1. The van der Waals surface area contributed by atoms with Gasteiger partial charge in [0.05, 0.1) is 0 Å². The quantitative estimate of drug-likeness (QED) is 0.751. The van der Waals surface area contributed by atoms with Crippen LogP contribution >= 0.6 is 12.6 Å². The van der Waals surface area contributed by atoms with Gasteiger partial charge >= 0.3 is 0 Å². The van der Waals surface area contributed by atoms with Crippen LogP contribution in [0.3, 0.4) is 0 Å². The average Bonchev–Trinajstić information content (AvgIpc) is 2.17. The molecule has 1 fully saturated rings. The zero-order chi connectivity index (χ0) is 10.7. The first-order valence-electron chi connectivity index (χ1n) is 5.64. The SMILES string of the molecule is CC1(S)CCCN(Cc2ccccc2)C1. The van der Waals surface area contributed by atoms with Crippen LogP contribution in [0.1, 0.15) is 25.3 Å². The van der Waals surface area contributed by atoms with Crippen LogP contribution in [0.4, 0.5) is 0 Å². The van der Waals surface area contributed by atoms with E-state index in [-0.39, 0.29) is 4.75 Å². The third-order valence-corrected chi connectivity index (χ3v) is 3.37. The molecule has 1 aliphatic heterocycles. The van der Waals surface area contributed by atoms with Crippen LogP contribution in [-0.4, -0.2) is 22.7 Å². The fraction of sp³-hybridized carbons (Fsp3) is 0.538. The van der Waals surface area contributed by atoms with Crippen LogP contribution in [0.2, 0.25) is 0 Å². The molecule has 0 N–H and O–H groups in total. The Morgan fingerprint density at radius 1 is 1.33 bits per heavy atom. The van der Waals surface area contributed by atoms with Gasteiger partial charge in [-0.2, -0.15) is 12.6 Å². The van der Waals surface area contributed by atoms with Gasteiger partial charge in [0.2, 0.25) is 0 Å². The molecule has 0 bridgehead atoms. The minimum absolute atomic E-state index is 0.201. The fourth-order valence-corrected chi connectivity index (χ4v) is 2.66. The molecule has 1 nitrogen and oxygen atoms in total. The highest BCUT2D eigenvalue weighted by atomic mass is 32.1. The lowest BCUT2D eigenvalue weighted by molar-refractivity contribution is 0.194. The summed E-state index contributed by atoms with van der Waals surface area (Å²) in [6, 6.07) is 10.7. The van der Waals surface area contributed by atoms with E-state index in [9.17, 15) is 0 Å². The van der Waals surface area contributed by atoms with Gasteiger partial charge in [-0.3, -0.25) is 4.90 Å². The fourth-order valence-electron chi connectivity index (χ4n) is 2.30. The summed E-state index contributed by atoms with van der Waals surface area (Å²) >= 11 is 4.70. The Hall–Kier alpha value is -0.470. The van der Waals surface area contributed by atoms with Crippen molar-refractivity contribution in [3.05, 3.63) is 35.9 Å². The van der Waals surface area contributed by atoms with Gasteiger partial charge in [0.1, 0.15) is 0 Å². The lowest BCUT2D eigenvalue weighted by atomic mass is 9.98. The Morgan fingerprint density at radius 2 is 2.07 bits per heavy atom. The van der Waals surface area contributed by atoms with Crippen molar-refractivity contribution in [2.45, 2.75) is 31.1 Å². The summed E-state index contributed by atoms with van der Waals surface area (Å²) in [5.74, 6) is 0. The molecule has 0 radical (unpaired) electrons. The lowest BCUT2D eigenvalue weighted by Gasteiger charge is -2.37. The largest absolute Gasteiger partial charge is 0.298 e. The summed E-state index contributed by atoms with van der Waals surface area (Å²) < 4.78 is 0.201. The van der Waals surface area contributed by atoms with E-state index in [1.807, 2.05) is 0 Å². The summed E-state index contributed by atoms with van der Waals surface area (Å²) in [5.41, 5.74) is 1.41. The average molecular weight is 221 g/mol. The number of thiol groups is 1. The second-order valence-corrected chi connectivity index (χ2v) is 5.88. The van der Waals surface area contributed by atoms with Gasteiger partial charge in [-0.1, -0.05) is 30.3 Å². The molecule has 2 heteroatoms. The van der Waals surface area contributed by atoms with Gasteiger partial charge in [-0.15, -0.1) is 0 Å². The van der Waals surface area contributed by atoms with Gasteiger partial charge in [-0.05, 0) is 31.9 Å². The van der Waals surface area contributed by atoms with Crippen molar-refractivity contribution in [1.82, 2.24) is 4.90 Å². The predicted molar refractivity (Wildman–Crippen MR) is 68.3 cm³/mol. The molecule has 1 saturated heterocycles. The molecule has 0 amide bonds. The first kappa shape index (κ1) is 11.0. The molecule has 0 saturated carbocycles. The Bertz CT molecular complexity index is 308. The van der Waals surface area contributed by atoms with E-state index in [0.717, 1.165) is 13.1 Å². The molecule has 82 valence electrons. The molecule has 1 aromatic rings. The molecule has 0 spiro atoms. The van der Waals surface area contributed by atoms with Gasteiger partial charge in [0, 0.05) is 17.8 Å². The number of nitrogens with zero attached hydrogens (tertiary/aromatic N) is 1. The minimum atomic E-state index is 0.201. The number of piperidine rings is 1. The van der Waals surface area contributed by atoms with Gasteiger partial charge in [0.25, 0.3) is 0 Å². The van der Waals surface area contributed by atoms with Crippen LogP contribution in [0, 0.1) is 0 Å². The van der Waals surface area contributed by atoms with Gasteiger partial charge in [0.15, 0.2) is 0 Å². The molecule has 1 aromatic carbocycles. The lowest BCUT2D eigenvalue weighted by Crippen LogP contribution is -2.42. The van der Waals surface area contributed by atoms with Crippen LogP contribution < -0.4 is 0 Å². The van der Waals surface area contributed by atoms with Crippen LogP contribution in [0.5, 0.6) is 0 Å². The van der Waals surface area contributed by atoms with E-state index in [1.165, 1.54) is 24.9 Å². The Morgan fingerprint density at radius 3 is 2.73 bits per heavy atom. The molecule has 1 aliphatic rings. The second-order valence-electron chi connectivity index (χ2n) is 4.80. The van der Waals surface area contributed by atoms with Crippen molar-refractivity contribution in [1.29, 1.82) is 0 Å². The number of rotatable bonds is 2. The molecule has 2 rings (SSSR count). The van der Waals surface area contributed by atoms with Gasteiger partial charge < -0.3 is 0 Å². The number of hydrogen-bond donors (Lipinski definition) is 1. The van der Waals surface area contributed by atoms with E-state index >= 15 is 0 Å². The molecule has 1 unspecified atom stereocenters. The van der Waals surface area contributed by atoms with Crippen LogP contribution in [0.15, 0.2) is 30.3 Å². The molecule has 0 aromatic heterocycles. The maximum atomic E-state index is 4.70. The highest BCUT2D eigenvalue weighted by Gasteiger charge is 2.26. The zero-order valence-corrected chi connectivity index (χ0v) is 10.2. The van der Waals surface area contributed by atoms with Crippen molar-refractivity contribution in [3.63, 3.8) is 0 Å². The Balaban J connectivity index is 1.95. The topological polar surface area (TPSA) is 3.24 Å². The summed E-state index contributed by atoms with van der Waals surface area (Å²) in [6.07, 6.45) is 2.51. The number of likely N-dealkylation sites (tertiary alicyclic amines) is 1. The highest BCUT2D eigenvalue weighted by molar-refractivity contribution is 7.81. The first-order chi connectivity index (χ1) is 7.16. The van der Waals surface area contributed by atoms with E-state index in [4.69, 9.17) is 12.6 Å². The van der Waals surface area contributed by atoms with E-state index < -0.39 is 0 Å². The first-order valence-corrected chi connectivity index (χ1v) is 6.09. The van der Waals surface area contributed by atoms with Crippen LogP contribution in [-0.2, 0) is 6.54 Å². The maximum Gasteiger partial charge on any atom is 0.0234 e. The number of hydrogen-bond acceptors (Lipinski definition) is 2. The monoisotopic (exact) mass is 221 g/mol. The summed E-state index contributed by atoms with van der Waals surface area (Å²) in [5, 5.41) is 0. The summed E-state index contributed by atoms with van der Waals surface area (Å²) in [7, 11) is 0. The third-order valence-electron chi connectivity index (χ3n) is 3.00. The van der Waals surface area contributed by atoms with E-state index in [2.05, 4.69) is 42.2 Å². The molecular formula is C13H19NS.